The molecule has 24 heavy (non-hydrogen) atoms. The van der Waals surface area contributed by atoms with Crippen LogP contribution in [0.1, 0.15) is 0 Å². The molecule has 0 radical (unpaired) electrons. The predicted octanol–water partition coefficient (Wildman–Crippen LogP) is 1.67. The molecule has 0 spiro atoms. The molecule has 0 atom stereocenters. The number of ether oxygens (including phenoxy) is 2. The normalized spacial score (nSPS) is 11.4. The number of hydrogen-bond donors (Lipinski definition) is 3. The van der Waals surface area contributed by atoms with E-state index in [2.05, 4.69) is 14.7 Å². The minimum Gasteiger partial charge on any atom is -0.497 e. The lowest BCUT2D eigenvalue weighted by molar-refractivity contribution is 0.392. The van der Waals surface area contributed by atoms with E-state index in [1.165, 1.54) is 32.4 Å². The summed E-state index contributed by atoms with van der Waals surface area (Å²) in [5, 5.41) is 0. The topological polar surface area (TPSA) is 113 Å². The molecule has 8 nitrogen and oxygen atoms in total. The molecule has 1 aromatic heterocycles. The molecule has 0 amide bonds. The van der Waals surface area contributed by atoms with Crippen molar-refractivity contribution in [2.45, 2.75) is 4.90 Å². The second kappa shape index (κ2) is 5.93. The van der Waals surface area contributed by atoms with Gasteiger partial charge in [-0.15, -0.1) is 0 Å². The van der Waals surface area contributed by atoms with Gasteiger partial charge < -0.3 is 19.4 Å². The number of rotatable bonds is 5. The standard InChI is InChI=1S/C15H15N3O5S/c1-22-10-4-6-13(23-2)14(8-10)24(20,21)18-9-3-5-11-12(7-9)17-15(19)16-11/h3-8,18H,1-2H3,(H2,16,17,19). The van der Waals surface area contributed by atoms with Crippen LogP contribution >= 0.6 is 0 Å². The van der Waals surface area contributed by atoms with Gasteiger partial charge in [0.1, 0.15) is 16.4 Å². The number of imidazole rings is 1. The Morgan fingerprint density at radius 2 is 1.71 bits per heavy atom. The molecule has 0 fully saturated rings. The van der Waals surface area contributed by atoms with Gasteiger partial charge >= 0.3 is 5.69 Å². The minimum atomic E-state index is -3.91. The summed E-state index contributed by atoms with van der Waals surface area (Å²) in [5.41, 5.74) is 1.03. The monoisotopic (exact) mass is 349 g/mol. The Balaban J connectivity index is 2.02. The van der Waals surface area contributed by atoms with Crippen LogP contribution in [0.3, 0.4) is 0 Å². The van der Waals surface area contributed by atoms with E-state index < -0.39 is 10.0 Å². The summed E-state index contributed by atoms with van der Waals surface area (Å²) < 4.78 is 38.0. The average molecular weight is 349 g/mol. The van der Waals surface area contributed by atoms with E-state index in [4.69, 9.17) is 9.47 Å². The van der Waals surface area contributed by atoms with E-state index in [0.717, 1.165) is 0 Å². The Kier molecular flexibility index (Phi) is 3.94. The number of H-pyrrole nitrogens is 2. The number of fused-ring (bicyclic) bond motifs is 1. The molecule has 0 aliphatic rings. The van der Waals surface area contributed by atoms with E-state index >= 15 is 0 Å². The first-order chi connectivity index (χ1) is 11.4. The summed E-state index contributed by atoms with van der Waals surface area (Å²) >= 11 is 0. The van der Waals surface area contributed by atoms with Crippen molar-refractivity contribution in [3.63, 3.8) is 0 Å². The van der Waals surface area contributed by atoms with Crippen LogP contribution in [0.5, 0.6) is 11.5 Å². The molecule has 0 saturated carbocycles. The molecule has 9 heteroatoms. The maximum atomic E-state index is 12.7. The maximum Gasteiger partial charge on any atom is 0.323 e. The highest BCUT2D eigenvalue weighted by molar-refractivity contribution is 7.92. The Hall–Kier alpha value is -2.94. The summed E-state index contributed by atoms with van der Waals surface area (Å²) in [5.74, 6) is 0.584. The lowest BCUT2D eigenvalue weighted by Gasteiger charge is -2.13. The highest BCUT2D eigenvalue weighted by atomic mass is 32.2. The number of aromatic nitrogens is 2. The Labute approximate surface area is 137 Å². The number of methoxy groups -OCH3 is 2. The van der Waals surface area contributed by atoms with Crippen LogP contribution in [0.4, 0.5) is 5.69 Å². The molecule has 0 unspecified atom stereocenters. The van der Waals surface area contributed by atoms with Gasteiger partial charge in [0.25, 0.3) is 10.0 Å². The van der Waals surface area contributed by atoms with Gasteiger partial charge in [0.2, 0.25) is 0 Å². The van der Waals surface area contributed by atoms with Crippen LogP contribution in [-0.4, -0.2) is 32.6 Å². The summed E-state index contributed by atoms with van der Waals surface area (Å²) in [6, 6.07) is 9.17. The van der Waals surface area contributed by atoms with Crippen molar-refractivity contribution < 1.29 is 17.9 Å². The summed E-state index contributed by atoms with van der Waals surface area (Å²) in [6.07, 6.45) is 0. The van der Waals surface area contributed by atoms with Crippen molar-refractivity contribution in [3.8, 4) is 11.5 Å². The fraction of sp³-hybridized carbons (Fsp3) is 0.133. The average Bonchev–Trinajstić information content (AvgIpc) is 2.93. The fourth-order valence-corrected chi connectivity index (χ4v) is 3.53. The summed E-state index contributed by atoms with van der Waals surface area (Å²) in [4.78, 5) is 16.4. The fourth-order valence-electron chi connectivity index (χ4n) is 2.30. The number of sulfonamides is 1. The third-order valence-corrected chi connectivity index (χ3v) is 4.83. The zero-order valence-corrected chi connectivity index (χ0v) is 13.7. The van der Waals surface area contributed by atoms with Gasteiger partial charge in [-0.1, -0.05) is 0 Å². The van der Waals surface area contributed by atoms with E-state index in [-0.39, 0.29) is 16.3 Å². The summed E-state index contributed by atoms with van der Waals surface area (Å²) in [7, 11) is -1.08. The second-order valence-corrected chi connectivity index (χ2v) is 6.61. The smallest absolute Gasteiger partial charge is 0.323 e. The molecule has 0 aliphatic carbocycles. The van der Waals surface area contributed by atoms with Gasteiger partial charge in [-0.2, -0.15) is 0 Å². The third kappa shape index (κ3) is 2.93. The molecular weight excluding hydrogens is 334 g/mol. The maximum absolute atomic E-state index is 12.7. The minimum absolute atomic E-state index is 0.0491. The molecule has 126 valence electrons. The van der Waals surface area contributed by atoms with Crippen molar-refractivity contribution in [3.05, 3.63) is 46.9 Å². The van der Waals surface area contributed by atoms with Crippen LogP contribution in [0.15, 0.2) is 46.1 Å². The number of hydrogen-bond acceptors (Lipinski definition) is 5. The molecular formula is C15H15N3O5S. The first-order valence-electron chi connectivity index (χ1n) is 6.90. The molecule has 0 aliphatic heterocycles. The SMILES string of the molecule is COc1ccc(OC)c(S(=O)(=O)Nc2ccc3[nH]c(=O)[nH]c3c2)c1. The zero-order valence-electron chi connectivity index (χ0n) is 12.9. The molecule has 3 rings (SSSR count). The Bertz CT molecular complexity index is 1050. The molecule has 3 N–H and O–H groups in total. The van der Waals surface area contributed by atoms with Crippen LogP contribution in [0, 0.1) is 0 Å². The highest BCUT2D eigenvalue weighted by Gasteiger charge is 2.21. The number of benzene rings is 2. The van der Waals surface area contributed by atoms with Crippen LogP contribution < -0.4 is 19.9 Å². The van der Waals surface area contributed by atoms with Gasteiger partial charge in [-0.05, 0) is 30.3 Å². The van der Waals surface area contributed by atoms with Crippen molar-refractivity contribution in [1.29, 1.82) is 0 Å². The number of anilines is 1. The van der Waals surface area contributed by atoms with E-state index in [0.29, 0.717) is 22.5 Å². The lowest BCUT2D eigenvalue weighted by Crippen LogP contribution is -2.14. The van der Waals surface area contributed by atoms with Crippen LogP contribution in [0.2, 0.25) is 0 Å². The van der Waals surface area contributed by atoms with Crippen molar-refractivity contribution in [2.75, 3.05) is 18.9 Å². The van der Waals surface area contributed by atoms with Gasteiger partial charge in [0.05, 0.1) is 30.9 Å². The van der Waals surface area contributed by atoms with Gasteiger partial charge in [-0.3, -0.25) is 4.72 Å². The Morgan fingerprint density at radius 3 is 2.42 bits per heavy atom. The molecule has 0 bridgehead atoms. The zero-order chi connectivity index (χ0) is 17.3. The largest absolute Gasteiger partial charge is 0.497 e. The van der Waals surface area contributed by atoms with E-state index in [1.54, 1.807) is 18.2 Å². The van der Waals surface area contributed by atoms with Crippen molar-refractivity contribution >= 4 is 26.7 Å². The van der Waals surface area contributed by atoms with Crippen molar-refractivity contribution in [2.24, 2.45) is 0 Å². The second-order valence-electron chi connectivity index (χ2n) is 4.96. The summed E-state index contributed by atoms with van der Waals surface area (Å²) in [6.45, 7) is 0. The third-order valence-electron chi connectivity index (χ3n) is 3.43. The van der Waals surface area contributed by atoms with E-state index in [9.17, 15) is 13.2 Å². The van der Waals surface area contributed by atoms with Gasteiger partial charge in [-0.25, -0.2) is 13.2 Å². The number of aromatic amines is 2. The first-order valence-corrected chi connectivity index (χ1v) is 8.38. The van der Waals surface area contributed by atoms with Crippen LogP contribution in [-0.2, 0) is 10.0 Å². The molecule has 3 aromatic rings. The number of nitrogens with one attached hydrogen (secondary N) is 3. The van der Waals surface area contributed by atoms with Gasteiger partial charge in [0.15, 0.2) is 0 Å². The lowest BCUT2D eigenvalue weighted by atomic mass is 10.3. The van der Waals surface area contributed by atoms with E-state index in [1.807, 2.05) is 0 Å². The quantitative estimate of drug-likeness (QED) is 0.648. The van der Waals surface area contributed by atoms with Crippen molar-refractivity contribution in [1.82, 2.24) is 9.97 Å². The predicted molar refractivity (Wildman–Crippen MR) is 89.3 cm³/mol. The molecule has 2 aromatic carbocycles. The van der Waals surface area contributed by atoms with Gasteiger partial charge in [0, 0.05) is 6.07 Å². The molecule has 1 heterocycles. The first kappa shape index (κ1) is 15.9. The Morgan fingerprint density at radius 1 is 0.958 bits per heavy atom. The highest BCUT2D eigenvalue weighted by Crippen LogP contribution is 2.30. The molecule has 0 saturated heterocycles. The van der Waals surface area contributed by atoms with Crippen LogP contribution in [0.25, 0.3) is 11.0 Å².